The molecular formula is C22H23F3O2SSi. The van der Waals surface area contributed by atoms with Crippen LogP contribution in [-0.2, 0) is 15.2 Å². The van der Waals surface area contributed by atoms with Crippen LogP contribution in [0, 0.1) is 6.92 Å². The maximum absolute atomic E-state index is 14.0. The highest BCUT2D eigenvalue weighted by Gasteiger charge is 2.46. The first kappa shape index (κ1) is 21.7. The van der Waals surface area contributed by atoms with Gasteiger partial charge in [-0.1, -0.05) is 54.1 Å². The number of hydrogen-bond acceptors (Lipinski definition) is 2. The molecule has 2 atom stereocenters. The maximum atomic E-state index is 14.0. The predicted molar refractivity (Wildman–Crippen MR) is 113 cm³/mol. The number of halogens is 3. The van der Waals surface area contributed by atoms with Gasteiger partial charge in [0.15, 0.2) is 14.4 Å². The Labute approximate surface area is 172 Å². The third-order valence-corrected chi connectivity index (χ3v) is 6.85. The minimum atomic E-state index is -4.62. The van der Waals surface area contributed by atoms with Crippen molar-refractivity contribution in [2.75, 3.05) is 0 Å². The zero-order valence-corrected chi connectivity index (χ0v) is 18.5. The van der Waals surface area contributed by atoms with Crippen LogP contribution in [0.4, 0.5) is 13.2 Å². The van der Waals surface area contributed by atoms with Crippen LogP contribution in [0.25, 0.3) is 10.8 Å². The Balaban J connectivity index is 2.28. The third kappa shape index (κ3) is 4.97. The van der Waals surface area contributed by atoms with Crippen LogP contribution in [0.2, 0.25) is 19.6 Å². The van der Waals surface area contributed by atoms with E-state index >= 15 is 0 Å². The van der Waals surface area contributed by atoms with E-state index in [1.165, 1.54) is 6.07 Å². The van der Waals surface area contributed by atoms with Crippen molar-refractivity contribution in [2.45, 2.75) is 48.6 Å². The molecule has 0 aromatic heterocycles. The van der Waals surface area contributed by atoms with Gasteiger partial charge in [0, 0.05) is 10.5 Å². The molecule has 0 spiro atoms. The summed E-state index contributed by atoms with van der Waals surface area (Å²) >= 11 is 0. The quantitative estimate of drug-likeness (QED) is 0.413. The highest BCUT2D eigenvalue weighted by atomic mass is 32.2. The molecule has 3 aromatic carbocycles. The van der Waals surface area contributed by atoms with Crippen LogP contribution in [0.15, 0.2) is 70.5 Å². The summed E-state index contributed by atoms with van der Waals surface area (Å²) in [7, 11) is -4.33. The molecule has 0 aliphatic carbocycles. The molecule has 2 nitrogen and oxygen atoms in total. The summed E-state index contributed by atoms with van der Waals surface area (Å²) in [5, 5.41) is 1.28. The average Bonchev–Trinajstić information content (AvgIpc) is 2.64. The molecule has 29 heavy (non-hydrogen) atoms. The summed E-state index contributed by atoms with van der Waals surface area (Å²) in [6, 6.07) is 17.1. The predicted octanol–water partition coefficient (Wildman–Crippen LogP) is 6.77. The third-order valence-electron chi connectivity index (χ3n) is 4.38. The van der Waals surface area contributed by atoms with E-state index in [4.69, 9.17) is 4.43 Å². The number of rotatable bonds is 5. The first-order chi connectivity index (χ1) is 13.5. The lowest BCUT2D eigenvalue weighted by atomic mass is 10.0. The fourth-order valence-corrected chi connectivity index (χ4v) is 5.47. The lowest BCUT2D eigenvalue weighted by Crippen LogP contribution is -2.35. The molecule has 0 amide bonds. The van der Waals surface area contributed by atoms with E-state index in [1.807, 2.05) is 6.92 Å². The number of aryl methyl sites for hydroxylation is 1. The summed E-state index contributed by atoms with van der Waals surface area (Å²) in [6.45, 7) is 7.04. The van der Waals surface area contributed by atoms with Gasteiger partial charge in [0.2, 0.25) is 0 Å². The Hall–Kier alpha value is -1.96. The van der Waals surface area contributed by atoms with Crippen LogP contribution < -0.4 is 0 Å². The van der Waals surface area contributed by atoms with E-state index in [2.05, 4.69) is 0 Å². The molecule has 0 radical (unpaired) electrons. The summed E-state index contributed by atoms with van der Waals surface area (Å²) in [5.74, 6) is 0. The lowest BCUT2D eigenvalue weighted by Gasteiger charge is -2.30. The van der Waals surface area contributed by atoms with E-state index in [0.717, 1.165) is 10.9 Å². The monoisotopic (exact) mass is 436 g/mol. The summed E-state index contributed by atoms with van der Waals surface area (Å²) in [5.41, 5.74) is 0.900. The van der Waals surface area contributed by atoms with Crippen LogP contribution in [-0.4, -0.2) is 18.7 Å². The second kappa shape index (κ2) is 8.05. The Bertz CT molecular complexity index is 1040. The highest BCUT2D eigenvalue weighted by Crippen LogP contribution is 2.43. The van der Waals surface area contributed by atoms with Crippen molar-refractivity contribution in [2.24, 2.45) is 0 Å². The molecule has 1 unspecified atom stereocenters. The van der Waals surface area contributed by atoms with Crippen LogP contribution in [0.5, 0.6) is 0 Å². The largest absolute Gasteiger partial charge is 0.417 e. The fourth-order valence-electron chi connectivity index (χ4n) is 3.11. The molecule has 0 aliphatic rings. The van der Waals surface area contributed by atoms with Gasteiger partial charge < -0.3 is 4.43 Å². The molecule has 0 saturated carbocycles. The second-order valence-electron chi connectivity index (χ2n) is 7.94. The molecule has 0 aliphatic heterocycles. The molecule has 3 rings (SSSR count). The van der Waals surface area contributed by atoms with Crippen LogP contribution in [0.3, 0.4) is 0 Å². The molecule has 154 valence electrons. The topological polar surface area (TPSA) is 26.3 Å². The lowest BCUT2D eigenvalue weighted by molar-refractivity contribution is -0.201. The molecule has 0 heterocycles. The SMILES string of the molecule is Cc1ccc(S(=O)c2c([C@@H](O[Si](C)(C)C)C(F)(F)F)ccc3ccccc23)cc1. The number of hydrogen-bond donors (Lipinski definition) is 0. The molecule has 0 bridgehead atoms. The standard InChI is InChI=1S/C22H23F3O2SSi/c1-15-9-12-17(13-10-15)28(26)20-18-8-6-5-7-16(18)11-14-19(20)21(22(23,24)25)27-29(2,3)4/h5-14,21H,1-4H3/t21-,28?/m1/s1. The highest BCUT2D eigenvalue weighted by molar-refractivity contribution is 7.85. The molecule has 0 saturated heterocycles. The van der Waals surface area contributed by atoms with E-state index in [0.29, 0.717) is 10.3 Å². The Morgan fingerprint density at radius 2 is 1.55 bits per heavy atom. The fraction of sp³-hybridized carbons (Fsp3) is 0.273. The van der Waals surface area contributed by atoms with Gasteiger partial charge in [-0.2, -0.15) is 13.2 Å². The van der Waals surface area contributed by atoms with Crippen molar-refractivity contribution in [1.29, 1.82) is 0 Å². The van der Waals surface area contributed by atoms with Gasteiger partial charge in [0.05, 0.1) is 15.7 Å². The summed E-state index contributed by atoms with van der Waals surface area (Å²) in [4.78, 5) is 0.620. The van der Waals surface area contributed by atoms with Gasteiger partial charge in [-0.3, -0.25) is 0 Å². The van der Waals surface area contributed by atoms with Gasteiger partial charge in [0.1, 0.15) is 0 Å². The molecule has 7 heteroatoms. The van der Waals surface area contributed by atoms with Crippen LogP contribution in [0.1, 0.15) is 17.2 Å². The Morgan fingerprint density at radius 3 is 2.14 bits per heavy atom. The van der Waals surface area contributed by atoms with Gasteiger partial charge in [-0.05, 0) is 49.5 Å². The number of alkyl halides is 3. The number of fused-ring (bicyclic) bond motifs is 1. The molecular weight excluding hydrogens is 413 g/mol. The van der Waals surface area contributed by atoms with Crippen molar-refractivity contribution >= 4 is 29.9 Å². The van der Waals surface area contributed by atoms with E-state index in [-0.39, 0.29) is 10.5 Å². The Morgan fingerprint density at radius 1 is 0.931 bits per heavy atom. The molecule has 3 aromatic rings. The van der Waals surface area contributed by atoms with Crippen LogP contribution >= 0.6 is 0 Å². The van der Waals surface area contributed by atoms with Crippen molar-refractivity contribution in [3.63, 3.8) is 0 Å². The summed E-state index contributed by atoms with van der Waals surface area (Å²) in [6.07, 6.45) is -6.74. The van der Waals surface area contributed by atoms with Crippen molar-refractivity contribution < 1.29 is 21.8 Å². The minimum absolute atomic E-state index is 0.0856. The van der Waals surface area contributed by atoms with Gasteiger partial charge >= 0.3 is 6.18 Å². The smallest absolute Gasteiger partial charge is 0.403 e. The first-order valence-corrected chi connectivity index (χ1v) is 13.8. The summed E-state index contributed by atoms with van der Waals surface area (Å²) < 4.78 is 61.2. The maximum Gasteiger partial charge on any atom is 0.417 e. The van der Waals surface area contributed by atoms with Crippen molar-refractivity contribution in [1.82, 2.24) is 0 Å². The molecule has 0 fully saturated rings. The van der Waals surface area contributed by atoms with E-state index in [9.17, 15) is 17.4 Å². The normalized spacial score (nSPS) is 14.7. The van der Waals surface area contributed by atoms with E-state index in [1.54, 1.807) is 74.2 Å². The minimum Gasteiger partial charge on any atom is -0.403 e. The average molecular weight is 437 g/mol. The van der Waals surface area contributed by atoms with E-state index < -0.39 is 31.4 Å². The van der Waals surface area contributed by atoms with Crippen molar-refractivity contribution in [3.8, 4) is 0 Å². The van der Waals surface area contributed by atoms with Gasteiger partial charge in [0.25, 0.3) is 0 Å². The zero-order chi connectivity index (χ0) is 21.4. The number of benzene rings is 3. The second-order valence-corrected chi connectivity index (χ2v) is 13.8. The van der Waals surface area contributed by atoms with Crippen molar-refractivity contribution in [3.05, 3.63) is 71.8 Å². The zero-order valence-electron chi connectivity index (χ0n) is 16.7. The first-order valence-electron chi connectivity index (χ1n) is 9.22. The molecule has 0 N–H and O–H groups in total. The van der Waals surface area contributed by atoms with Gasteiger partial charge in [-0.25, -0.2) is 4.21 Å². The van der Waals surface area contributed by atoms with Gasteiger partial charge in [-0.15, -0.1) is 0 Å². The Kier molecular flexibility index (Phi) is 6.03.